The number of furan rings is 1. The van der Waals surface area contributed by atoms with E-state index < -0.39 is 17.6 Å². The summed E-state index contributed by atoms with van der Waals surface area (Å²) < 4.78 is 29.7. The van der Waals surface area contributed by atoms with Gasteiger partial charge in [0.2, 0.25) is 5.91 Å². The van der Waals surface area contributed by atoms with Crippen molar-refractivity contribution < 1.29 is 27.9 Å². The van der Waals surface area contributed by atoms with Crippen molar-refractivity contribution in [3.63, 3.8) is 0 Å². The minimum atomic E-state index is -0.625. The molecule has 4 rings (SSSR count). The quantitative estimate of drug-likeness (QED) is 0.216. The highest BCUT2D eigenvalue weighted by atomic mass is 35.5. The van der Waals surface area contributed by atoms with Gasteiger partial charge in [-0.25, -0.2) is 9.37 Å². The number of rotatable bonds is 9. The van der Waals surface area contributed by atoms with Crippen LogP contribution >= 0.6 is 11.6 Å². The van der Waals surface area contributed by atoms with Gasteiger partial charge in [0, 0.05) is 30.0 Å². The van der Waals surface area contributed by atoms with Gasteiger partial charge < -0.3 is 24.5 Å². The van der Waals surface area contributed by atoms with Crippen LogP contribution in [-0.4, -0.2) is 36.6 Å². The Labute approximate surface area is 221 Å². The lowest BCUT2D eigenvalue weighted by molar-refractivity contribution is -0.113. The molecule has 2 aromatic heterocycles. The van der Waals surface area contributed by atoms with E-state index in [1.807, 2.05) is 0 Å². The highest BCUT2D eigenvalue weighted by molar-refractivity contribution is 6.29. The van der Waals surface area contributed by atoms with Crippen LogP contribution in [0.2, 0.25) is 0 Å². The number of ether oxygens (including phenoxy) is 2. The molecule has 11 heteroatoms. The Morgan fingerprint density at radius 2 is 1.95 bits per heavy atom. The van der Waals surface area contributed by atoms with E-state index in [0.29, 0.717) is 22.4 Å². The van der Waals surface area contributed by atoms with Gasteiger partial charge in [-0.2, -0.15) is 5.26 Å². The van der Waals surface area contributed by atoms with Crippen molar-refractivity contribution in [3.8, 4) is 34.2 Å². The first-order valence-electron chi connectivity index (χ1n) is 11.1. The molecule has 0 aliphatic rings. The minimum Gasteiger partial charge on any atom is -0.467 e. The Hall–Kier alpha value is -4.72. The van der Waals surface area contributed by atoms with E-state index in [9.17, 15) is 19.2 Å². The number of hydrogen-bond acceptors (Lipinski definition) is 7. The van der Waals surface area contributed by atoms with Gasteiger partial charge in [0.05, 0.1) is 12.0 Å². The Balaban J connectivity index is 1.90. The number of methoxy groups -OCH3 is 1. The molecule has 0 saturated heterocycles. The Morgan fingerprint density at radius 3 is 2.66 bits per heavy atom. The van der Waals surface area contributed by atoms with Crippen molar-refractivity contribution in [2.75, 3.05) is 30.4 Å². The van der Waals surface area contributed by atoms with Crippen LogP contribution in [-0.2, 0) is 9.53 Å². The standard InChI is InChI=1S/C27H20ClFN4O5/c1-36-15-38-24-11-17(29)7-8-19(24)22-12-20(16-4-2-5-18(10-16)31-25(34)13-28)21(14-30)26(32-22)33-27(35)23-6-3-9-37-23/h2-12H,13,15H2,1H3,(H,31,34)(H,32,33,35). The first-order valence-corrected chi connectivity index (χ1v) is 11.6. The van der Waals surface area contributed by atoms with Gasteiger partial charge in [-0.1, -0.05) is 12.1 Å². The van der Waals surface area contributed by atoms with Crippen LogP contribution in [0.15, 0.2) is 71.3 Å². The predicted molar refractivity (Wildman–Crippen MR) is 138 cm³/mol. The summed E-state index contributed by atoms with van der Waals surface area (Å²) in [5.74, 6) is -1.70. The molecule has 192 valence electrons. The molecule has 0 bridgehead atoms. The van der Waals surface area contributed by atoms with Crippen molar-refractivity contribution in [2.24, 2.45) is 0 Å². The van der Waals surface area contributed by atoms with Gasteiger partial charge in [0.25, 0.3) is 5.91 Å². The molecule has 9 nitrogen and oxygen atoms in total. The summed E-state index contributed by atoms with van der Waals surface area (Å²) in [5.41, 5.74) is 2.08. The zero-order valence-electron chi connectivity index (χ0n) is 20.0. The van der Waals surface area contributed by atoms with Gasteiger partial charge in [0.15, 0.2) is 18.4 Å². The number of benzene rings is 2. The van der Waals surface area contributed by atoms with Gasteiger partial charge >= 0.3 is 0 Å². The number of amides is 2. The van der Waals surface area contributed by atoms with E-state index in [0.717, 1.165) is 0 Å². The van der Waals surface area contributed by atoms with Crippen LogP contribution in [0.25, 0.3) is 22.4 Å². The second-order valence-corrected chi connectivity index (χ2v) is 8.04. The number of carbonyl (C=O) groups is 2. The summed E-state index contributed by atoms with van der Waals surface area (Å²) in [6, 6.07) is 17.3. The molecule has 2 amide bonds. The minimum absolute atomic E-state index is 0.0133. The Morgan fingerprint density at radius 1 is 1.11 bits per heavy atom. The van der Waals surface area contributed by atoms with E-state index in [-0.39, 0.29) is 41.3 Å². The number of nitrogens with one attached hydrogen (secondary N) is 2. The Bertz CT molecular complexity index is 1520. The molecule has 4 aromatic rings. The third-order valence-electron chi connectivity index (χ3n) is 5.24. The second kappa shape index (κ2) is 12.0. The van der Waals surface area contributed by atoms with Gasteiger partial charge in [-0.05, 0) is 48.0 Å². The molecule has 0 spiro atoms. The lowest BCUT2D eigenvalue weighted by Gasteiger charge is -2.16. The molecule has 0 aliphatic carbocycles. The summed E-state index contributed by atoms with van der Waals surface area (Å²) >= 11 is 5.61. The number of hydrogen-bond donors (Lipinski definition) is 2. The molecule has 0 atom stereocenters. The molecule has 2 heterocycles. The predicted octanol–water partition coefficient (Wildman–Crippen LogP) is 5.43. The zero-order valence-corrected chi connectivity index (χ0v) is 20.7. The molecular weight excluding hydrogens is 515 g/mol. The molecule has 0 saturated carbocycles. The molecule has 0 fully saturated rings. The SMILES string of the molecule is COCOc1cc(F)ccc1-c1cc(-c2cccc(NC(=O)CCl)c2)c(C#N)c(NC(=O)c2ccco2)n1. The van der Waals surface area contributed by atoms with Gasteiger partial charge in [-0.15, -0.1) is 11.6 Å². The van der Waals surface area contributed by atoms with Crippen LogP contribution in [0.1, 0.15) is 16.1 Å². The topological polar surface area (TPSA) is 126 Å². The molecule has 2 aromatic carbocycles. The van der Waals surface area contributed by atoms with Gasteiger partial charge in [-0.3, -0.25) is 9.59 Å². The number of nitriles is 1. The van der Waals surface area contributed by atoms with Crippen LogP contribution in [0.3, 0.4) is 0 Å². The summed E-state index contributed by atoms with van der Waals surface area (Å²) in [6.07, 6.45) is 1.34. The maximum atomic E-state index is 14.0. The summed E-state index contributed by atoms with van der Waals surface area (Å²) in [4.78, 5) is 29.1. The number of alkyl halides is 1. The van der Waals surface area contributed by atoms with Crippen molar-refractivity contribution >= 4 is 34.9 Å². The molecule has 38 heavy (non-hydrogen) atoms. The third-order valence-corrected chi connectivity index (χ3v) is 5.48. The largest absolute Gasteiger partial charge is 0.467 e. The van der Waals surface area contributed by atoms with Crippen LogP contribution in [0, 0.1) is 17.1 Å². The van der Waals surface area contributed by atoms with E-state index in [1.54, 1.807) is 36.4 Å². The van der Waals surface area contributed by atoms with E-state index in [4.69, 9.17) is 25.5 Å². The summed E-state index contributed by atoms with van der Waals surface area (Å²) in [5, 5.41) is 15.4. The maximum absolute atomic E-state index is 14.0. The average Bonchev–Trinajstić information content (AvgIpc) is 3.47. The smallest absolute Gasteiger partial charge is 0.292 e. The van der Waals surface area contributed by atoms with Crippen LogP contribution in [0.4, 0.5) is 15.9 Å². The van der Waals surface area contributed by atoms with E-state index in [1.165, 1.54) is 37.6 Å². The zero-order chi connectivity index (χ0) is 27.1. The van der Waals surface area contributed by atoms with Crippen molar-refractivity contribution in [2.45, 2.75) is 0 Å². The number of halogens is 2. The fourth-order valence-corrected chi connectivity index (χ4v) is 3.67. The van der Waals surface area contributed by atoms with E-state index >= 15 is 0 Å². The van der Waals surface area contributed by atoms with Crippen molar-refractivity contribution in [1.29, 1.82) is 5.26 Å². The summed E-state index contributed by atoms with van der Waals surface area (Å²) in [6.45, 7) is -0.149. The van der Waals surface area contributed by atoms with Gasteiger partial charge in [0.1, 0.15) is 29.1 Å². The molecule has 0 aliphatic heterocycles. The second-order valence-electron chi connectivity index (χ2n) is 7.78. The van der Waals surface area contributed by atoms with Crippen LogP contribution in [0.5, 0.6) is 5.75 Å². The highest BCUT2D eigenvalue weighted by Gasteiger charge is 2.21. The van der Waals surface area contributed by atoms with Crippen molar-refractivity contribution in [3.05, 3.63) is 84.1 Å². The summed E-state index contributed by atoms with van der Waals surface area (Å²) in [7, 11) is 1.43. The van der Waals surface area contributed by atoms with E-state index in [2.05, 4.69) is 21.7 Å². The lowest BCUT2D eigenvalue weighted by atomic mass is 9.97. The fourth-order valence-electron chi connectivity index (χ4n) is 3.60. The number of pyridine rings is 1. The lowest BCUT2D eigenvalue weighted by Crippen LogP contribution is -2.14. The number of carbonyl (C=O) groups excluding carboxylic acids is 2. The average molecular weight is 535 g/mol. The Kier molecular flexibility index (Phi) is 8.33. The molecule has 0 radical (unpaired) electrons. The first kappa shape index (κ1) is 26.3. The molecule has 2 N–H and O–H groups in total. The number of nitrogens with zero attached hydrogens (tertiary/aromatic N) is 2. The number of anilines is 2. The maximum Gasteiger partial charge on any atom is 0.292 e. The highest BCUT2D eigenvalue weighted by Crippen LogP contribution is 2.37. The monoisotopic (exact) mass is 534 g/mol. The van der Waals surface area contributed by atoms with Crippen molar-refractivity contribution in [1.82, 2.24) is 4.98 Å². The fraction of sp³-hybridized carbons (Fsp3) is 0.111. The normalized spacial score (nSPS) is 10.5. The first-order chi connectivity index (χ1) is 18.4. The van der Waals surface area contributed by atoms with Crippen LogP contribution < -0.4 is 15.4 Å². The molecular formula is C27H20ClFN4O5. The third kappa shape index (κ3) is 5.98. The molecule has 0 unspecified atom stereocenters. The number of aromatic nitrogens is 1.